The third-order valence-electron chi connectivity index (χ3n) is 7.33. The molecule has 47 heavy (non-hydrogen) atoms. The normalized spacial score (nSPS) is 17.1. The molecule has 0 unspecified atom stereocenters. The van der Waals surface area contributed by atoms with Crippen LogP contribution >= 0.6 is 11.6 Å². The molecule has 0 bridgehead atoms. The van der Waals surface area contributed by atoms with E-state index in [1.807, 2.05) is 5.32 Å². The van der Waals surface area contributed by atoms with Crippen molar-refractivity contribution in [3.8, 4) is 22.6 Å². The van der Waals surface area contributed by atoms with E-state index in [1.165, 1.54) is 18.6 Å². The predicted molar refractivity (Wildman–Crippen MR) is 159 cm³/mol. The van der Waals surface area contributed by atoms with Gasteiger partial charge in [-0.3, -0.25) is 19.7 Å². The molecule has 0 saturated heterocycles. The van der Waals surface area contributed by atoms with E-state index in [0.29, 0.717) is 55.6 Å². The van der Waals surface area contributed by atoms with E-state index in [-0.39, 0.29) is 28.5 Å². The Morgan fingerprint density at radius 3 is 2.38 bits per heavy atom. The number of hydrogen-bond donors (Lipinski definition) is 3. The molecule has 12 nitrogen and oxygen atoms in total. The number of aromatic amines is 1. The summed E-state index contributed by atoms with van der Waals surface area (Å²) in [5, 5.41) is 15.4. The largest absolute Gasteiger partial charge is 0.420 e. The van der Waals surface area contributed by atoms with Crippen LogP contribution in [0.2, 0.25) is 5.02 Å². The first-order valence-corrected chi connectivity index (χ1v) is 14.9. The monoisotopic (exact) mass is 685 g/mol. The Hall–Kier alpha value is -4.48. The van der Waals surface area contributed by atoms with Crippen LogP contribution in [0, 0.1) is 5.92 Å². The van der Waals surface area contributed by atoms with Gasteiger partial charge >= 0.3 is 18.4 Å². The second-order valence-electron chi connectivity index (χ2n) is 11.4. The zero-order valence-electron chi connectivity index (χ0n) is 25.1. The summed E-state index contributed by atoms with van der Waals surface area (Å²) in [6.45, 7) is 3.26. The van der Waals surface area contributed by atoms with Gasteiger partial charge in [0, 0.05) is 42.8 Å². The average molecular weight is 686 g/mol. The molecule has 4 aromatic heterocycles. The van der Waals surface area contributed by atoms with E-state index in [1.54, 1.807) is 17.1 Å². The molecule has 4 aromatic rings. The first-order valence-electron chi connectivity index (χ1n) is 14.6. The first kappa shape index (κ1) is 33.9. The number of hydrogen-bond acceptors (Lipinski definition) is 8. The van der Waals surface area contributed by atoms with Gasteiger partial charge in [-0.2, -0.15) is 36.5 Å². The van der Waals surface area contributed by atoms with Gasteiger partial charge in [0.15, 0.2) is 5.82 Å². The van der Waals surface area contributed by atoms with Crippen LogP contribution < -0.4 is 15.5 Å². The zero-order valence-corrected chi connectivity index (χ0v) is 25.8. The standard InChI is InChI=1S/C28H30ClF6N11O/c1-15(2)12-45-13-16(7-41-45)21-10-37-22(11-36-21)46(26(47)39-14-27(30,31)32)18-5-3-17(4-6-18)42-25-38-8-19(28(33,34)35)23(43-25)24-20(29)9-40-44-24/h7-11,13,15,17-18H,3-6,12,14H2,1-2H3,(H,39,47)(H,40,44)(H,38,42,43). The van der Waals surface area contributed by atoms with Gasteiger partial charge in [-0.05, 0) is 31.6 Å². The average Bonchev–Trinajstić information content (AvgIpc) is 3.65. The minimum Gasteiger partial charge on any atom is -0.351 e. The molecule has 19 heteroatoms. The van der Waals surface area contributed by atoms with Crippen LogP contribution in [0.1, 0.15) is 45.1 Å². The van der Waals surface area contributed by atoms with Crippen molar-refractivity contribution in [1.82, 2.24) is 45.2 Å². The Labute approximate surface area is 269 Å². The van der Waals surface area contributed by atoms with Crippen molar-refractivity contribution >= 4 is 29.4 Å². The number of carbonyl (C=O) groups is 1. The lowest BCUT2D eigenvalue weighted by atomic mass is 9.90. The second kappa shape index (κ2) is 13.7. The topological polar surface area (TPSA) is 142 Å². The molecular weight excluding hydrogens is 656 g/mol. The van der Waals surface area contributed by atoms with Gasteiger partial charge in [0.1, 0.15) is 23.5 Å². The van der Waals surface area contributed by atoms with Crippen LogP contribution in [0.5, 0.6) is 0 Å². The lowest BCUT2D eigenvalue weighted by Gasteiger charge is -2.36. The van der Waals surface area contributed by atoms with Crippen molar-refractivity contribution < 1.29 is 31.1 Å². The molecule has 2 amide bonds. The van der Waals surface area contributed by atoms with Gasteiger partial charge < -0.3 is 10.6 Å². The summed E-state index contributed by atoms with van der Waals surface area (Å²) in [5.74, 6) is 0.339. The van der Waals surface area contributed by atoms with Gasteiger partial charge in [0.05, 0.1) is 29.3 Å². The number of aromatic nitrogens is 8. The number of amides is 2. The maximum Gasteiger partial charge on any atom is 0.420 e. The summed E-state index contributed by atoms with van der Waals surface area (Å²) in [5.41, 5.74) is -0.647. The Morgan fingerprint density at radius 1 is 1.04 bits per heavy atom. The van der Waals surface area contributed by atoms with Crippen molar-refractivity contribution in [2.45, 2.75) is 70.5 Å². The number of anilines is 2. The Kier molecular flexibility index (Phi) is 9.88. The van der Waals surface area contributed by atoms with Crippen LogP contribution in [0.4, 0.5) is 42.9 Å². The summed E-state index contributed by atoms with van der Waals surface area (Å²) in [4.78, 5) is 30.9. The van der Waals surface area contributed by atoms with Gasteiger partial charge in [-0.25, -0.2) is 19.7 Å². The quantitative estimate of drug-likeness (QED) is 0.173. The highest BCUT2D eigenvalue weighted by molar-refractivity contribution is 6.32. The number of rotatable bonds is 9. The molecule has 1 aliphatic rings. The molecule has 4 heterocycles. The summed E-state index contributed by atoms with van der Waals surface area (Å²) in [6.07, 6.45) is 0.0702. The molecule has 0 aliphatic heterocycles. The van der Waals surface area contributed by atoms with Crippen molar-refractivity contribution in [2.24, 2.45) is 5.92 Å². The molecule has 0 atom stereocenters. The number of alkyl halides is 6. The van der Waals surface area contributed by atoms with Gasteiger partial charge in [0.2, 0.25) is 5.95 Å². The molecule has 5 rings (SSSR count). The second-order valence-corrected chi connectivity index (χ2v) is 11.8. The summed E-state index contributed by atoms with van der Waals surface area (Å²) in [7, 11) is 0. The van der Waals surface area contributed by atoms with Gasteiger partial charge in [-0.1, -0.05) is 25.4 Å². The highest BCUT2D eigenvalue weighted by Gasteiger charge is 2.38. The molecular formula is C28H30ClF6N11O. The molecule has 0 radical (unpaired) electrons. The number of H-pyrrole nitrogens is 1. The lowest BCUT2D eigenvalue weighted by Crippen LogP contribution is -2.50. The van der Waals surface area contributed by atoms with Crippen molar-refractivity contribution in [2.75, 3.05) is 16.8 Å². The van der Waals surface area contributed by atoms with E-state index in [4.69, 9.17) is 11.6 Å². The van der Waals surface area contributed by atoms with Crippen LogP contribution in [0.3, 0.4) is 0 Å². The van der Waals surface area contributed by atoms with Gasteiger partial charge in [0.25, 0.3) is 0 Å². The number of carbonyl (C=O) groups excluding carboxylic acids is 1. The number of urea groups is 1. The van der Waals surface area contributed by atoms with E-state index in [9.17, 15) is 31.1 Å². The summed E-state index contributed by atoms with van der Waals surface area (Å²) in [6, 6.07) is -1.86. The maximum atomic E-state index is 13.7. The first-order chi connectivity index (χ1) is 22.2. The number of nitrogens with zero attached hydrogens (tertiary/aromatic N) is 8. The highest BCUT2D eigenvalue weighted by atomic mass is 35.5. The third-order valence-corrected chi connectivity index (χ3v) is 7.62. The Balaban J connectivity index is 1.31. The highest BCUT2D eigenvalue weighted by Crippen LogP contribution is 2.38. The van der Waals surface area contributed by atoms with E-state index < -0.39 is 42.2 Å². The van der Waals surface area contributed by atoms with Gasteiger partial charge in [-0.15, -0.1) is 0 Å². The number of nitrogens with one attached hydrogen (secondary N) is 3. The molecule has 0 spiro atoms. The fraction of sp³-hybridized carbons (Fsp3) is 0.464. The Morgan fingerprint density at radius 2 is 1.79 bits per heavy atom. The zero-order chi connectivity index (χ0) is 33.9. The summed E-state index contributed by atoms with van der Waals surface area (Å²) >= 11 is 6.01. The molecule has 1 saturated carbocycles. The molecule has 3 N–H and O–H groups in total. The Bertz CT molecular complexity index is 1660. The van der Waals surface area contributed by atoms with E-state index >= 15 is 0 Å². The molecule has 1 aliphatic carbocycles. The van der Waals surface area contributed by atoms with Crippen LogP contribution in [0.25, 0.3) is 22.6 Å². The maximum absolute atomic E-state index is 13.7. The predicted octanol–water partition coefficient (Wildman–Crippen LogP) is 6.35. The minimum absolute atomic E-state index is 0.0538. The smallest absolute Gasteiger partial charge is 0.351 e. The lowest BCUT2D eigenvalue weighted by molar-refractivity contribution is -0.137. The molecule has 1 fully saturated rings. The van der Waals surface area contributed by atoms with Crippen molar-refractivity contribution in [1.29, 1.82) is 0 Å². The molecule has 0 aromatic carbocycles. The third kappa shape index (κ3) is 8.47. The van der Waals surface area contributed by atoms with Crippen LogP contribution in [-0.4, -0.2) is 70.7 Å². The number of halogens is 7. The SMILES string of the molecule is CC(C)Cn1cc(-c2cnc(N(C(=O)NCC(F)(F)F)C3CCC(Nc4ncc(C(F)(F)F)c(-c5n[nH]cc5Cl)n4)CC3)cn2)cn1. The fourth-order valence-corrected chi connectivity index (χ4v) is 5.40. The fourth-order valence-electron chi connectivity index (χ4n) is 5.22. The summed E-state index contributed by atoms with van der Waals surface area (Å²) < 4.78 is 81.7. The molecule has 252 valence electrons. The van der Waals surface area contributed by atoms with Crippen molar-refractivity contribution in [3.05, 3.63) is 47.8 Å². The van der Waals surface area contributed by atoms with E-state index in [0.717, 1.165) is 4.90 Å². The van der Waals surface area contributed by atoms with Crippen LogP contribution in [0.15, 0.2) is 37.2 Å². The minimum atomic E-state index is -4.76. The van der Waals surface area contributed by atoms with Crippen LogP contribution in [-0.2, 0) is 12.7 Å². The van der Waals surface area contributed by atoms with Crippen molar-refractivity contribution in [3.63, 3.8) is 0 Å². The van der Waals surface area contributed by atoms with E-state index in [2.05, 4.69) is 54.4 Å².